The highest BCUT2D eigenvalue weighted by molar-refractivity contribution is 6.29. The third-order valence-corrected chi connectivity index (χ3v) is 14.6. The molecule has 0 bridgehead atoms. The molecule has 0 saturated heterocycles. The summed E-state index contributed by atoms with van der Waals surface area (Å²) in [4.78, 5) is 70.5. The summed E-state index contributed by atoms with van der Waals surface area (Å²) >= 11 is 5.22. The van der Waals surface area contributed by atoms with Gasteiger partial charge < -0.3 is 39.5 Å². The average molecular weight is 1070 g/mol. The molecule has 3 aromatic heterocycles. The fourth-order valence-corrected chi connectivity index (χ4v) is 9.16. The first-order valence-corrected chi connectivity index (χ1v) is 24.4. The first-order chi connectivity index (χ1) is 35.1. The van der Waals surface area contributed by atoms with Gasteiger partial charge in [-0.05, 0) is 110 Å². The second-order valence-electron chi connectivity index (χ2n) is 20.5. The molecule has 0 radical (unpaired) electrons. The van der Waals surface area contributed by atoms with Crippen LogP contribution in [-0.2, 0) is 54.0 Å². The molecular formula is C54H67ClF3N7O10. The van der Waals surface area contributed by atoms with E-state index in [9.17, 15) is 37.1 Å². The number of carboxylic acids is 1. The van der Waals surface area contributed by atoms with Gasteiger partial charge in [0.2, 0.25) is 5.91 Å². The van der Waals surface area contributed by atoms with Crippen molar-refractivity contribution in [3.63, 3.8) is 0 Å². The molecule has 0 aliphatic heterocycles. The lowest BCUT2D eigenvalue weighted by molar-refractivity contribution is -0.149. The molecule has 3 aromatic rings. The van der Waals surface area contributed by atoms with E-state index in [-0.39, 0.29) is 106 Å². The number of nitrogens with zero attached hydrogens (tertiary/aromatic N) is 6. The van der Waals surface area contributed by atoms with E-state index in [1.54, 1.807) is 35.4 Å². The van der Waals surface area contributed by atoms with E-state index in [0.717, 1.165) is 38.5 Å². The van der Waals surface area contributed by atoms with Crippen LogP contribution in [0.1, 0.15) is 123 Å². The summed E-state index contributed by atoms with van der Waals surface area (Å²) in [5.74, 6) is -1.88. The number of aromatic nitrogens is 3. The molecule has 3 heterocycles. The number of aliphatic carboxylic acids is 1. The number of carbonyl (C=O) groups excluding carboxylic acids is 4. The number of primary amides is 1. The fraction of sp³-hybridized carbons (Fsp3) is 0.574. The van der Waals surface area contributed by atoms with Gasteiger partial charge in [0.25, 0.3) is 11.1 Å². The molecule has 3 N–H and O–H groups in total. The zero-order valence-electron chi connectivity index (χ0n) is 43.9. The van der Waals surface area contributed by atoms with Crippen LogP contribution in [0.25, 0.3) is 9.69 Å². The third-order valence-electron chi connectivity index (χ3n) is 14.3. The Kier molecular flexibility index (Phi) is 22.7. The number of carbonyl (C=O) groups is 5. The Balaban J connectivity index is 0.000000234. The van der Waals surface area contributed by atoms with E-state index >= 15 is 0 Å². The second-order valence-corrected chi connectivity index (χ2v) is 20.9. The summed E-state index contributed by atoms with van der Waals surface area (Å²) in [7, 11) is 6.68. The first-order valence-electron chi connectivity index (χ1n) is 24.0. The lowest BCUT2D eigenvalue weighted by Crippen LogP contribution is -2.52. The standard InChI is InChI=1S/C12H13FN2O.C10H7FN2O.C8H14O2.C7H13NO2.C7H11NO.C5H3ClFN.C5H6O3/c1-11(16-3)7-12(8-11,14-2)10-9(13)5-4-6-15-10;1-12-10(5-7(14)6-10)9-8(11)3-2-4-13-9;1-6(9)7-4-8(2,5-7)10-3;1-7(10-2)3-5(4-7)6(8)9;1-7(9-2)3-6(4-7)5-8;6-5-4(7)2-1-3-8-5;6-4-1-3(2-4)5(7)8/h4-6H,7-8H2,1,3H3;2-4H,5-6H2;7H,4-5H2,1-3H3;5H,3-4H2,1-2H3,(H2,8,9);6H,3-4H2,1-2H3;1-3H;3H,1-2H2,(H,7,8). The second kappa shape index (κ2) is 27.0. The van der Waals surface area contributed by atoms with Gasteiger partial charge in [-0.25, -0.2) is 41.3 Å². The predicted octanol–water partition coefficient (Wildman–Crippen LogP) is 9.16. The van der Waals surface area contributed by atoms with Crippen molar-refractivity contribution in [1.29, 1.82) is 5.26 Å². The van der Waals surface area contributed by atoms with Crippen LogP contribution in [0, 0.1) is 65.6 Å². The maximum absolute atomic E-state index is 13.6. The van der Waals surface area contributed by atoms with Crippen molar-refractivity contribution in [3.8, 4) is 6.07 Å². The summed E-state index contributed by atoms with van der Waals surface area (Å²) in [6.45, 7) is 23.9. The number of nitriles is 1. The number of methoxy groups -OCH3 is 4. The largest absolute Gasteiger partial charge is 0.481 e. The van der Waals surface area contributed by atoms with Crippen molar-refractivity contribution in [1.82, 2.24) is 15.0 Å². The average Bonchev–Trinajstić information content (AvgIpc) is 3.32. The highest BCUT2D eigenvalue weighted by atomic mass is 35.5. The maximum Gasteiger partial charge on any atom is 0.307 e. The Labute approximate surface area is 441 Å². The summed E-state index contributed by atoms with van der Waals surface area (Å²) in [5.41, 5.74) is 3.17. The van der Waals surface area contributed by atoms with Gasteiger partial charge in [0.05, 0.1) is 66.0 Å². The molecular weight excluding hydrogens is 999 g/mol. The van der Waals surface area contributed by atoms with Crippen LogP contribution >= 0.6 is 11.6 Å². The van der Waals surface area contributed by atoms with Crippen LogP contribution in [-0.4, -0.2) is 100 Å². The Morgan fingerprint density at radius 2 is 1.08 bits per heavy atom. The lowest BCUT2D eigenvalue weighted by Gasteiger charge is -2.44. The number of ether oxygens (including phenoxy) is 4. The predicted molar refractivity (Wildman–Crippen MR) is 268 cm³/mol. The summed E-state index contributed by atoms with van der Waals surface area (Å²) in [6, 6.07) is 10.6. The molecule has 6 saturated carbocycles. The molecule has 6 aliphatic carbocycles. The number of hydrogen-bond donors (Lipinski definition) is 2. The van der Waals surface area contributed by atoms with Gasteiger partial charge in [-0.1, -0.05) is 11.6 Å². The topological polar surface area (TPSA) is 240 Å². The number of amides is 1. The Hall–Kier alpha value is -6.21. The molecule has 0 aromatic carbocycles. The number of halogens is 4. The van der Waals surface area contributed by atoms with Gasteiger partial charge in [0.1, 0.15) is 17.3 Å². The fourth-order valence-electron chi connectivity index (χ4n) is 9.04. The summed E-state index contributed by atoms with van der Waals surface area (Å²) in [6.07, 6.45) is 11.2. The van der Waals surface area contributed by atoms with Crippen LogP contribution in [0.4, 0.5) is 13.2 Å². The van der Waals surface area contributed by atoms with Crippen LogP contribution in [0.15, 0.2) is 55.0 Å². The van der Waals surface area contributed by atoms with Crippen LogP contribution in [0.5, 0.6) is 0 Å². The van der Waals surface area contributed by atoms with Crippen molar-refractivity contribution in [2.24, 2.45) is 29.4 Å². The number of rotatable bonds is 9. The Morgan fingerprint density at radius 3 is 1.37 bits per heavy atom. The van der Waals surface area contributed by atoms with Crippen LogP contribution in [0.2, 0.25) is 5.15 Å². The van der Waals surface area contributed by atoms with Crippen molar-refractivity contribution in [3.05, 3.63) is 112 Å². The minimum atomic E-state index is -1.03. The van der Waals surface area contributed by atoms with Crippen LogP contribution in [0.3, 0.4) is 0 Å². The molecule has 0 spiro atoms. The summed E-state index contributed by atoms with van der Waals surface area (Å²) in [5, 5.41) is 16.5. The molecule has 21 heteroatoms. The monoisotopic (exact) mass is 1070 g/mol. The molecule has 0 atom stereocenters. The zero-order chi connectivity index (χ0) is 56.6. The van der Waals surface area contributed by atoms with E-state index in [1.165, 1.54) is 55.0 Å². The van der Waals surface area contributed by atoms with Crippen molar-refractivity contribution in [2.75, 3.05) is 28.4 Å². The minimum absolute atomic E-state index is 0.00363. The highest BCUT2D eigenvalue weighted by Crippen LogP contribution is 2.53. The lowest BCUT2D eigenvalue weighted by atomic mass is 9.64. The van der Waals surface area contributed by atoms with E-state index in [2.05, 4.69) is 30.7 Å². The Morgan fingerprint density at radius 1 is 0.680 bits per heavy atom. The number of pyridine rings is 3. The molecule has 9 rings (SSSR count). The van der Waals surface area contributed by atoms with Gasteiger partial charge in [0.15, 0.2) is 34.0 Å². The quantitative estimate of drug-likeness (QED) is 0.150. The van der Waals surface area contributed by atoms with Gasteiger partial charge in [-0.15, -0.1) is 0 Å². The molecule has 6 aliphatic rings. The van der Waals surface area contributed by atoms with Crippen molar-refractivity contribution in [2.45, 2.75) is 145 Å². The minimum Gasteiger partial charge on any atom is -0.481 e. The van der Waals surface area contributed by atoms with E-state index in [0.29, 0.717) is 18.6 Å². The Bertz CT molecular complexity index is 2540. The maximum atomic E-state index is 13.6. The third kappa shape index (κ3) is 17.2. The molecule has 1 amide bonds. The number of hydrogen-bond acceptors (Lipinski definition) is 13. The van der Waals surface area contributed by atoms with Gasteiger partial charge in [-0.2, -0.15) is 5.26 Å². The molecule has 0 unspecified atom stereocenters. The molecule has 6 fully saturated rings. The first kappa shape index (κ1) is 63.1. The number of carboxylic acid groups (broad SMARTS) is 1. The highest BCUT2D eigenvalue weighted by Gasteiger charge is 2.62. The molecule has 75 heavy (non-hydrogen) atoms. The number of nitrogens with two attached hydrogens (primary N) is 1. The van der Waals surface area contributed by atoms with E-state index in [1.807, 2.05) is 27.7 Å². The van der Waals surface area contributed by atoms with E-state index in [4.69, 9.17) is 59.8 Å². The number of ketones is 3. The summed E-state index contributed by atoms with van der Waals surface area (Å²) < 4.78 is 59.8. The van der Waals surface area contributed by atoms with E-state index < -0.39 is 34.5 Å². The number of Topliss-reactive ketones (excluding diaryl/α,β-unsaturated/α-hetero) is 3. The smallest absolute Gasteiger partial charge is 0.307 e. The van der Waals surface area contributed by atoms with Crippen LogP contribution < -0.4 is 5.73 Å². The SMILES string of the molecule is COC1(C)CC(C#N)C1.COC1(C)CC(C(C)=O)C1.COC1(C)CC(C(N)=O)C1.Fc1cccnc1Cl.O=C1CC(C(=O)O)C1.[C-]#[N+]C1(c2ncccc2F)CC(=O)C1.[C-]#[N+]C1(c2ncccc2F)CC(C)(OC)C1. The van der Waals surface area contributed by atoms with Gasteiger partial charge >= 0.3 is 5.97 Å². The van der Waals surface area contributed by atoms with Gasteiger partial charge in [-0.3, -0.25) is 24.0 Å². The van der Waals surface area contributed by atoms with Crippen molar-refractivity contribution >= 4 is 40.8 Å². The van der Waals surface area contributed by atoms with Gasteiger partial charge in [0, 0.05) is 71.7 Å². The zero-order valence-corrected chi connectivity index (χ0v) is 44.6. The normalized spacial score (nSPS) is 28.9. The van der Waals surface area contributed by atoms with Crippen molar-refractivity contribution < 1.29 is 61.2 Å². The molecule has 17 nitrogen and oxygen atoms in total. The molecule has 406 valence electrons.